The van der Waals surface area contributed by atoms with E-state index in [1.54, 1.807) is 0 Å². The quantitative estimate of drug-likeness (QED) is 0.693. The van der Waals surface area contributed by atoms with Crippen molar-refractivity contribution in [1.29, 1.82) is 0 Å². The zero-order valence-electron chi connectivity index (χ0n) is 15.8. The SMILES string of the molecule is C[C@@H]1CNCCN1C(=O)CCNC(=O)NC12CC3CC(CC(C3)C1)C2.Cl. The topological polar surface area (TPSA) is 73.5 Å². The Morgan fingerprint density at radius 2 is 1.73 bits per heavy atom. The Morgan fingerprint density at radius 1 is 1.12 bits per heavy atom. The van der Waals surface area contributed by atoms with Crippen molar-refractivity contribution in [2.45, 2.75) is 63.5 Å². The molecule has 26 heavy (non-hydrogen) atoms. The van der Waals surface area contributed by atoms with Gasteiger partial charge in [0.1, 0.15) is 0 Å². The molecule has 148 valence electrons. The third kappa shape index (κ3) is 4.11. The van der Waals surface area contributed by atoms with Crippen molar-refractivity contribution in [1.82, 2.24) is 20.9 Å². The fraction of sp³-hybridized carbons (Fsp3) is 0.895. The minimum Gasteiger partial charge on any atom is -0.338 e. The minimum absolute atomic E-state index is 0. The van der Waals surface area contributed by atoms with Gasteiger partial charge in [-0.1, -0.05) is 0 Å². The molecule has 0 aromatic carbocycles. The van der Waals surface area contributed by atoms with Crippen molar-refractivity contribution < 1.29 is 9.59 Å². The van der Waals surface area contributed by atoms with E-state index >= 15 is 0 Å². The Hall–Kier alpha value is -1.01. The summed E-state index contributed by atoms with van der Waals surface area (Å²) in [6.45, 7) is 4.96. The van der Waals surface area contributed by atoms with Crippen LogP contribution in [0.2, 0.25) is 0 Å². The number of piperazine rings is 1. The highest BCUT2D eigenvalue weighted by Crippen LogP contribution is 2.55. The monoisotopic (exact) mass is 384 g/mol. The summed E-state index contributed by atoms with van der Waals surface area (Å²) in [7, 11) is 0. The highest BCUT2D eigenvalue weighted by atomic mass is 35.5. The summed E-state index contributed by atoms with van der Waals surface area (Å²) in [5.74, 6) is 2.61. The number of hydrogen-bond donors (Lipinski definition) is 3. The molecule has 3 N–H and O–H groups in total. The van der Waals surface area contributed by atoms with Crippen LogP contribution in [-0.2, 0) is 4.79 Å². The van der Waals surface area contributed by atoms with E-state index in [1.807, 2.05) is 4.90 Å². The first kappa shape index (κ1) is 19.7. The second-order valence-corrected chi connectivity index (χ2v) is 8.97. The molecule has 3 amide bonds. The number of nitrogens with one attached hydrogen (secondary N) is 3. The summed E-state index contributed by atoms with van der Waals surface area (Å²) in [6, 6.07) is 0.158. The molecule has 1 atom stereocenters. The fourth-order valence-electron chi connectivity index (χ4n) is 6.19. The van der Waals surface area contributed by atoms with Gasteiger partial charge in [0.2, 0.25) is 5.91 Å². The molecule has 0 unspecified atom stereocenters. The number of carbonyl (C=O) groups is 2. The molecule has 1 saturated heterocycles. The highest BCUT2D eigenvalue weighted by Gasteiger charge is 2.51. The van der Waals surface area contributed by atoms with Crippen molar-refractivity contribution in [3.8, 4) is 0 Å². The molecule has 5 aliphatic rings. The molecule has 5 fully saturated rings. The number of carbonyl (C=O) groups excluding carboxylic acids is 2. The molecular formula is C19H33ClN4O2. The predicted octanol–water partition coefficient (Wildman–Crippen LogP) is 1.89. The van der Waals surface area contributed by atoms with Gasteiger partial charge in [0.15, 0.2) is 0 Å². The van der Waals surface area contributed by atoms with Gasteiger partial charge < -0.3 is 20.9 Å². The molecule has 0 aromatic heterocycles. The molecule has 0 aromatic rings. The van der Waals surface area contributed by atoms with Crippen LogP contribution in [0.1, 0.15) is 51.9 Å². The van der Waals surface area contributed by atoms with Gasteiger partial charge >= 0.3 is 6.03 Å². The van der Waals surface area contributed by atoms with E-state index < -0.39 is 0 Å². The van der Waals surface area contributed by atoms with Gasteiger partial charge in [-0.2, -0.15) is 0 Å². The van der Waals surface area contributed by atoms with E-state index in [0.29, 0.717) is 13.0 Å². The summed E-state index contributed by atoms with van der Waals surface area (Å²) in [5.41, 5.74) is 0.0376. The Kier molecular flexibility index (Phi) is 6.02. The van der Waals surface area contributed by atoms with Crippen LogP contribution < -0.4 is 16.0 Å². The zero-order valence-corrected chi connectivity index (χ0v) is 16.6. The third-order valence-electron chi connectivity index (χ3n) is 6.86. The summed E-state index contributed by atoms with van der Waals surface area (Å²) < 4.78 is 0. The lowest BCUT2D eigenvalue weighted by Crippen LogP contribution is -2.61. The Balaban J connectivity index is 0.00000196. The average Bonchev–Trinajstić information content (AvgIpc) is 2.53. The lowest BCUT2D eigenvalue weighted by Gasteiger charge is -2.56. The maximum atomic E-state index is 12.4. The fourth-order valence-corrected chi connectivity index (χ4v) is 6.19. The van der Waals surface area contributed by atoms with Crippen LogP contribution in [0.25, 0.3) is 0 Å². The van der Waals surface area contributed by atoms with Crippen LogP contribution in [0.3, 0.4) is 0 Å². The van der Waals surface area contributed by atoms with Crippen LogP contribution >= 0.6 is 12.4 Å². The van der Waals surface area contributed by atoms with Crippen molar-refractivity contribution in [2.75, 3.05) is 26.2 Å². The minimum atomic E-state index is -0.0805. The van der Waals surface area contributed by atoms with Crippen molar-refractivity contribution >= 4 is 24.3 Å². The van der Waals surface area contributed by atoms with Crippen LogP contribution in [-0.4, -0.2) is 54.6 Å². The number of nitrogens with zero attached hydrogens (tertiary/aromatic N) is 1. The normalized spacial score (nSPS) is 37.8. The summed E-state index contributed by atoms with van der Waals surface area (Å²) in [5, 5.41) is 9.52. The molecule has 1 aliphatic heterocycles. The van der Waals surface area contributed by atoms with Crippen LogP contribution in [0.5, 0.6) is 0 Å². The van der Waals surface area contributed by atoms with Crippen molar-refractivity contribution in [3.05, 3.63) is 0 Å². The van der Waals surface area contributed by atoms with E-state index in [4.69, 9.17) is 0 Å². The third-order valence-corrected chi connectivity index (χ3v) is 6.86. The van der Waals surface area contributed by atoms with E-state index in [1.165, 1.54) is 19.3 Å². The number of halogens is 1. The van der Waals surface area contributed by atoms with E-state index in [2.05, 4.69) is 22.9 Å². The van der Waals surface area contributed by atoms with Crippen LogP contribution in [0.4, 0.5) is 4.79 Å². The first-order valence-electron chi connectivity index (χ1n) is 10.1. The number of urea groups is 1. The molecule has 6 nitrogen and oxygen atoms in total. The molecule has 7 heteroatoms. The number of hydrogen-bond acceptors (Lipinski definition) is 3. The van der Waals surface area contributed by atoms with E-state index in [0.717, 1.165) is 56.7 Å². The average molecular weight is 385 g/mol. The molecule has 5 rings (SSSR count). The maximum Gasteiger partial charge on any atom is 0.315 e. The van der Waals surface area contributed by atoms with Gasteiger partial charge in [0.05, 0.1) is 0 Å². The number of amides is 3. The van der Waals surface area contributed by atoms with Crippen molar-refractivity contribution in [2.24, 2.45) is 17.8 Å². The Morgan fingerprint density at radius 3 is 2.31 bits per heavy atom. The van der Waals surface area contributed by atoms with Crippen LogP contribution in [0, 0.1) is 17.8 Å². The first-order chi connectivity index (χ1) is 12.0. The van der Waals surface area contributed by atoms with Crippen LogP contribution in [0.15, 0.2) is 0 Å². The van der Waals surface area contributed by atoms with Gasteiger partial charge in [0, 0.05) is 44.2 Å². The molecule has 0 spiro atoms. The molecule has 0 radical (unpaired) electrons. The predicted molar refractivity (Wildman–Crippen MR) is 103 cm³/mol. The Bertz CT molecular complexity index is 506. The number of rotatable bonds is 4. The van der Waals surface area contributed by atoms with Gasteiger partial charge in [-0.3, -0.25) is 4.79 Å². The van der Waals surface area contributed by atoms with Gasteiger partial charge in [-0.15, -0.1) is 12.4 Å². The van der Waals surface area contributed by atoms with Gasteiger partial charge in [-0.05, 0) is 63.2 Å². The zero-order chi connectivity index (χ0) is 17.4. The van der Waals surface area contributed by atoms with Gasteiger partial charge in [-0.25, -0.2) is 4.79 Å². The summed E-state index contributed by atoms with van der Waals surface area (Å²) in [6.07, 6.45) is 7.98. The second kappa shape index (κ2) is 7.93. The molecule has 4 aliphatic carbocycles. The van der Waals surface area contributed by atoms with E-state index in [9.17, 15) is 9.59 Å². The first-order valence-corrected chi connectivity index (χ1v) is 10.1. The smallest absolute Gasteiger partial charge is 0.315 e. The lowest BCUT2D eigenvalue weighted by molar-refractivity contribution is -0.133. The maximum absolute atomic E-state index is 12.4. The lowest BCUT2D eigenvalue weighted by atomic mass is 9.53. The molecule has 4 bridgehead atoms. The standard InChI is InChI=1S/C19H32N4O2.ClH/c1-13-12-20-4-5-23(13)17(24)2-3-21-18(25)22-19-9-14-6-15(10-19)8-16(7-14)11-19;/h13-16,20H,2-12H2,1H3,(H2,21,22,25);1H/t13-,14?,15?,16?,19?;/m1./s1. The molecular weight excluding hydrogens is 352 g/mol. The highest BCUT2D eigenvalue weighted by molar-refractivity contribution is 5.85. The molecule has 1 heterocycles. The van der Waals surface area contributed by atoms with E-state index in [-0.39, 0.29) is 35.9 Å². The van der Waals surface area contributed by atoms with Gasteiger partial charge in [0.25, 0.3) is 0 Å². The molecule has 4 saturated carbocycles. The van der Waals surface area contributed by atoms with Crippen molar-refractivity contribution in [3.63, 3.8) is 0 Å². The Labute approximate surface area is 162 Å². The summed E-state index contributed by atoms with van der Waals surface area (Å²) >= 11 is 0. The largest absolute Gasteiger partial charge is 0.338 e. The second-order valence-electron chi connectivity index (χ2n) is 8.97. The summed E-state index contributed by atoms with van der Waals surface area (Å²) in [4.78, 5) is 26.6.